The van der Waals surface area contributed by atoms with Crippen molar-refractivity contribution < 1.29 is 28.2 Å². The molecular formula is C29H40FN3O5. The van der Waals surface area contributed by atoms with Gasteiger partial charge < -0.3 is 24.0 Å². The van der Waals surface area contributed by atoms with Crippen LogP contribution in [0.1, 0.15) is 70.8 Å². The van der Waals surface area contributed by atoms with E-state index in [1.807, 2.05) is 18.7 Å². The summed E-state index contributed by atoms with van der Waals surface area (Å²) in [4.78, 5) is 32.3. The number of piperidine rings is 3. The van der Waals surface area contributed by atoms with E-state index in [0.29, 0.717) is 32.2 Å². The highest BCUT2D eigenvalue weighted by molar-refractivity contribution is 5.91. The molecular weight excluding hydrogens is 489 g/mol. The van der Waals surface area contributed by atoms with Gasteiger partial charge in [0.25, 0.3) is 0 Å². The summed E-state index contributed by atoms with van der Waals surface area (Å²) in [6.45, 7) is 7.18. The number of rotatable bonds is 3. The lowest BCUT2D eigenvalue weighted by molar-refractivity contribution is -0.0240. The highest BCUT2D eigenvalue weighted by Crippen LogP contribution is 2.48. The van der Waals surface area contributed by atoms with Crippen molar-refractivity contribution in [1.82, 2.24) is 9.80 Å². The van der Waals surface area contributed by atoms with Gasteiger partial charge in [-0.3, -0.25) is 4.90 Å². The van der Waals surface area contributed by atoms with Crippen molar-refractivity contribution in [1.29, 1.82) is 0 Å². The van der Waals surface area contributed by atoms with Gasteiger partial charge in [0.15, 0.2) is 0 Å². The maximum atomic E-state index is 14.4. The Morgan fingerprint density at radius 1 is 1.05 bits per heavy atom. The Labute approximate surface area is 224 Å². The Kier molecular flexibility index (Phi) is 7.01. The molecule has 1 aromatic rings. The van der Waals surface area contributed by atoms with E-state index in [1.54, 1.807) is 17.0 Å². The number of carbonyl (C=O) groups excluding carboxylic acids is 2. The molecule has 5 aliphatic rings. The van der Waals surface area contributed by atoms with Crippen molar-refractivity contribution in [3.05, 3.63) is 29.6 Å². The summed E-state index contributed by atoms with van der Waals surface area (Å²) in [6, 6.07) is 5.69. The summed E-state index contributed by atoms with van der Waals surface area (Å²) < 4.78 is 31.1. The zero-order chi connectivity index (χ0) is 26.4. The van der Waals surface area contributed by atoms with Crippen LogP contribution in [-0.4, -0.2) is 85.2 Å². The molecule has 208 valence electrons. The molecule has 6 rings (SSSR count). The zero-order valence-electron chi connectivity index (χ0n) is 22.6. The van der Waals surface area contributed by atoms with E-state index in [-0.39, 0.29) is 47.7 Å². The lowest BCUT2D eigenvalue weighted by Gasteiger charge is -2.52. The van der Waals surface area contributed by atoms with Crippen LogP contribution in [0.5, 0.6) is 0 Å². The molecule has 2 unspecified atom stereocenters. The number of fused-ring (bicyclic) bond motifs is 4. The molecule has 9 heteroatoms. The molecule has 0 N–H and O–H groups in total. The van der Waals surface area contributed by atoms with Crippen LogP contribution in [-0.2, 0) is 19.6 Å². The quantitative estimate of drug-likeness (QED) is 0.558. The molecule has 4 saturated heterocycles. The van der Waals surface area contributed by atoms with Crippen molar-refractivity contribution in [2.45, 2.75) is 101 Å². The molecule has 2 bridgehead atoms. The number of nitrogens with zero attached hydrogens (tertiary/aromatic N) is 3. The number of ether oxygens (including phenoxy) is 3. The summed E-state index contributed by atoms with van der Waals surface area (Å²) in [5.74, 6) is -0.265. The molecule has 5 heterocycles. The van der Waals surface area contributed by atoms with Gasteiger partial charge in [0.05, 0.1) is 25.0 Å². The summed E-state index contributed by atoms with van der Waals surface area (Å²) in [7, 11) is 0. The number of halogens is 1. The van der Waals surface area contributed by atoms with Crippen LogP contribution < -0.4 is 4.90 Å². The molecule has 2 amide bonds. The average Bonchev–Trinajstić information content (AvgIpc) is 3.50. The van der Waals surface area contributed by atoms with Crippen LogP contribution in [0.2, 0.25) is 0 Å². The van der Waals surface area contributed by atoms with Crippen molar-refractivity contribution in [3.63, 3.8) is 0 Å². The Morgan fingerprint density at radius 2 is 1.79 bits per heavy atom. The average molecular weight is 530 g/mol. The predicted octanol–water partition coefficient (Wildman–Crippen LogP) is 4.84. The fourth-order valence-corrected chi connectivity index (χ4v) is 7.57. The first-order valence-corrected chi connectivity index (χ1v) is 14.4. The van der Waals surface area contributed by atoms with E-state index in [1.165, 1.54) is 6.07 Å². The van der Waals surface area contributed by atoms with E-state index < -0.39 is 0 Å². The maximum Gasteiger partial charge on any atom is 0.414 e. The van der Waals surface area contributed by atoms with Crippen LogP contribution in [0.15, 0.2) is 18.2 Å². The normalized spacial score (nSPS) is 30.5. The number of likely N-dealkylation sites (tertiary alicyclic amines) is 1. The third kappa shape index (κ3) is 4.76. The molecule has 1 aromatic carbocycles. The summed E-state index contributed by atoms with van der Waals surface area (Å²) in [6.07, 6.45) is 6.79. The van der Waals surface area contributed by atoms with Gasteiger partial charge in [0.1, 0.15) is 11.9 Å². The molecule has 3 atom stereocenters. The first kappa shape index (κ1) is 25.9. The lowest BCUT2D eigenvalue weighted by Crippen LogP contribution is -2.60. The molecule has 4 fully saturated rings. The van der Waals surface area contributed by atoms with Crippen molar-refractivity contribution >= 4 is 17.9 Å². The van der Waals surface area contributed by atoms with Gasteiger partial charge in [-0.05, 0) is 95.6 Å². The van der Waals surface area contributed by atoms with Crippen molar-refractivity contribution in [3.8, 4) is 0 Å². The first-order chi connectivity index (χ1) is 18.3. The number of anilines is 1. The fraction of sp³-hybridized carbons (Fsp3) is 0.724. The van der Waals surface area contributed by atoms with Crippen LogP contribution in [0.25, 0.3) is 0 Å². The molecule has 1 spiro atoms. The molecule has 8 nitrogen and oxygen atoms in total. The van der Waals surface area contributed by atoms with Gasteiger partial charge in [0.2, 0.25) is 0 Å². The number of carbonyl (C=O) groups is 2. The molecule has 38 heavy (non-hydrogen) atoms. The minimum atomic E-state index is -0.360. The van der Waals surface area contributed by atoms with Crippen LogP contribution in [0, 0.1) is 5.82 Å². The Hall–Kier alpha value is -2.39. The van der Waals surface area contributed by atoms with Crippen LogP contribution >= 0.6 is 0 Å². The Bertz CT molecular complexity index is 1040. The predicted molar refractivity (Wildman–Crippen MR) is 140 cm³/mol. The summed E-state index contributed by atoms with van der Waals surface area (Å²) in [5, 5.41) is 0. The highest BCUT2D eigenvalue weighted by atomic mass is 19.1. The second-order valence-corrected chi connectivity index (χ2v) is 12.1. The summed E-state index contributed by atoms with van der Waals surface area (Å²) >= 11 is 0. The maximum absolute atomic E-state index is 14.4. The van der Waals surface area contributed by atoms with E-state index in [9.17, 15) is 14.0 Å². The third-order valence-electron chi connectivity index (χ3n) is 9.43. The number of hydrogen-bond donors (Lipinski definition) is 0. The van der Waals surface area contributed by atoms with Gasteiger partial charge in [-0.15, -0.1) is 0 Å². The van der Waals surface area contributed by atoms with Crippen molar-refractivity contribution in [2.75, 3.05) is 37.7 Å². The molecule has 0 radical (unpaired) electrons. The summed E-state index contributed by atoms with van der Waals surface area (Å²) in [5.41, 5.74) is 1.44. The topological polar surface area (TPSA) is 71.6 Å². The molecule has 0 aromatic heterocycles. The van der Waals surface area contributed by atoms with Gasteiger partial charge in [-0.2, -0.15) is 0 Å². The van der Waals surface area contributed by atoms with Gasteiger partial charge >= 0.3 is 12.2 Å². The number of amides is 2. The largest absolute Gasteiger partial charge is 0.447 e. The number of hydrogen-bond acceptors (Lipinski definition) is 6. The Morgan fingerprint density at radius 3 is 2.45 bits per heavy atom. The minimum Gasteiger partial charge on any atom is -0.447 e. The van der Waals surface area contributed by atoms with Crippen molar-refractivity contribution in [2.24, 2.45) is 0 Å². The first-order valence-electron chi connectivity index (χ1n) is 14.4. The van der Waals surface area contributed by atoms with Gasteiger partial charge in [-0.1, -0.05) is 0 Å². The van der Waals surface area contributed by atoms with Crippen LogP contribution in [0.3, 0.4) is 0 Å². The van der Waals surface area contributed by atoms with Crippen LogP contribution in [0.4, 0.5) is 19.7 Å². The standard InChI is InChI=1S/C29H40FN3O5/c1-19(2)37-28(35)33-21-4-3-5-22(33)16-23(15-21)31-11-9-29(10-12-31)18-32(26-7-6-20(30)14-25(26)29)27(34)38-24-8-13-36-17-24/h6-7,14,19,21-24H,3-5,8-13,15-18H2,1-2H3/t21?,22?,23?,24-/m0/s1. The SMILES string of the molecule is CC(C)OC(=O)N1C2CCCC1CC(N1CCC3(CC1)CN(C(=O)O[C@H]1CCOC1)c1ccc(F)cc13)C2. The molecule has 0 saturated carbocycles. The lowest BCUT2D eigenvalue weighted by atomic mass is 9.73. The van der Waals surface area contributed by atoms with E-state index in [4.69, 9.17) is 14.2 Å². The second kappa shape index (κ2) is 10.3. The second-order valence-electron chi connectivity index (χ2n) is 12.1. The smallest absolute Gasteiger partial charge is 0.414 e. The van der Waals surface area contributed by atoms with E-state index in [2.05, 4.69) is 4.90 Å². The third-order valence-corrected chi connectivity index (χ3v) is 9.43. The molecule has 0 aliphatic carbocycles. The van der Waals surface area contributed by atoms with Gasteiger partial charge in [-0.25, -0.2) is 14.0 Å². The van der Waals surface area contributed by atoms with E-state index in [0.717, 1.165) is 69.3 Å². The van der Waals surface area contributed by atoms with E-state index >= 15 is 0 Å². The minimum absolute atomic E-state index is 0.110. The number of benzene rings is 1. The monoisotopic (exact) mass is 529 g/mol. The highest BCUT2D eigenvalue weighted by Gasteiger charge is 2.50. The Balaban J connectivity index is 1.14. The zero-order valence-corrected chi connectivity index (χ0v) is 22.6. The van der Waals surface area contributed by atoms with Gasteiger partial charge in [0, 0.05) is 36.5 Å². The fourth-order valence-electron chi connectivity index (χ4n) is 7.57. The molecule has 5 aliphatic heterocycles.